The van der Waals surface area contributed by atoms with Gasteiger partial charge in [0, 0.05) is 31.7 Å². The number of alkyl halides is 3. The Hall–Kier alpha value is -2.89. The number of rotatable bonds is 8. The molecule has 0 amide bonds. The lowest BCUT2D eigenvalue weighted by atomic mass is 9.82. The minimum absolute atomic E-state index is 0.0481. The summed E-state index contributed by atoms with van der Waals surface area (Å²) < 4.78 is 51.9. The highest BCUT2D eigenvalue weighted by Crippen LogP contribution is 2.39. The molecule has 0 radical (unpaired) electrons. The topological polar surface area (TPSA) is 75.1 Å². The summed E-state index contributed by atoms with van der Waals surface area (Å²) in [6.45, 7) is 6.99. The zero-order chi connectivity index (χ0) is 27.6. The Kier molecular flexibility index (Phi) is 8.02. The molecule has 210 valence electrons. The molecule has 0 saturated carbocycles. The van der Waals surface area contributed by atoms with Crippen LogP contribution in [-0.4, -0.2) is 72.5 Å². The molecular formula is C28H32F3N3O4S. The van der Waals surface area contributed by atoms with Gasteiger partial charge in [-0.1, -0.05) is 23.5 Å². The molecule has 0 atom stereocenters. The van der Waals surface area contributed by atoms with E-state index in [1.807, 2.05) is 25.1 Å². The number of fused-ring (bicyclic) bond motifs is 1. The van der Waals surface area contributed by atoms with Gasteiger partial charge in [-0.05, 0) is 61.6 Å². The number of ether oxygens (including phenoxy) is 2. The molecule has 2 saturated heterocycles. The maximum absolute atomic E-state index is 13.2. The Bertz CT molecular complexity index is 1320. The summed E-state index contributed by atoms with van der Waals surface area (Å²) in [6, 6.07) is 9.23. The fourth-order valence-corrected chi connectivity index (χ4v) is 6.59. The molecule has 2 aromatic carbocycles. The van der Waals surface area contributed by atoms with Crippen molar-refractivity contribution in [1.29, 1.82) is 0 Å². The van der Waals surface area contributed by atoms with Crippen LogP contribution >= 0.6 is 11.3 Å². The smallest absolute Gasteiger partial charge is 0.416 e. The van der Waals surface area contributed by atoms with Crippen LogP contribution in [0.15, 0.2) is 36.4 Å². The van der Waals surface area contributed by atoms with E-state index in [2.05, 4.69) is 14.8 Å². The minimum Gasteiger partial charge on any atom is -0.493 e. The van der Waals surface area contributed by atoms with Gasteiger partial charge in [0.15, 0.2) is 5.13 Å². The monoisotopic (exact) mass is 563 g/mol. The van der Waals surface area contributed by atoms with E-state index in [9.17, 15) is 18.0 Å². The van der Waals surface area contributed by atoms with E-state index < -0.39 is 17.7 Å². The molecule has 1 aromatic heterocycles. The van der Waals surface area contributed by atoms with Gasteiger partial charge in [-0.2, -0.15) is 13.2 Å². The van der Waals surface area contributed by atoms with E-state index in [1.54, 1.807) is 0 Å². The first-order valence-corrected chi connectivity index (χ1v) is 13.9. The Labute approximate surface area is 229 Å². The molecule has 1 N–H and O–H groups in total. The maximum Gasteiger partial charge on any atom is 0.416 e. The van der Waals surface area contributed by atoms with Crippen molar-refractivity contribution in [2.75, 3.05) is 50.9 Å². The van der Waals surface area contributed by atoms with Gasteiger partial charge < -0.3 is 19.5 Å². The number of carboxylic acids is 1. The van der Waals surface area contributed by atoms with Gasteiger partial charge in [0.2, 0.25) is 0 Å². The minimum atomic E-state index is -4.38. The molecule has 2 aliphatic rings. The van der Waals surface area contributed by atoms with Crippen LogP contribution in [0.3, 0.4) is 0 Å². The third-order valence-electron chi connectivity index (χ3n) is 7.78. The molecule has 0 bridgehead atoms. The molecule has 0 spiro atoms. The number of piperidine rings is 1. The van der Waals surface area contributed by atoms with Crippen LogP contribution in [0.4, 0.5) is 18.3 Å². The normalized spacial score (nSPS) is 18.4. The molecule has 39 heavy (non-hydrogen) atoms. The number of hydrogen-bond donors (Lipinski definition) is 1. The Balaban J connectivity index is 1.28. The summed E-state index contributed by atoms with van der Waals surface area (Å²) >= 11 is 1.31. The second-order valence-corrected chi connectivity index (χ2v) is 11.3. The van der Waals surface area contributed by atoms with Gasteiger partial charge >= 0.3 is 12.1 Å². The van der Waals surface area contributed by atoms with Crippen molar-refractivity contribution in [3.05, 3.63) is 53.1 Å². The lowest BCUT2D eigenvalue weighted by Crippen LogP contribution is -2.59. The fourth-order valence-electron chi connectivity index (χ4n) is 5.54. The SMILES string of the molecule is Cc1ccc(CC(=O)O)cc1OCCC1(N2CCOCC2)CCN(c2nc3ccc(C(F)(F)F)cc3s2)CC1. The molecule has 2 aliphatic heterocycles. The number of nitrogens with zero attached hydrogens (tertiary/aromatic N) is 3. The largest absolute Gasteiger partial charge is 0.493 e. The summed E-state index contributed by atoms with van der Waals surface area (Å²) in [5.41, 5.74) is 1.51. The first-order chi connectivity index (χ1) is 18.6. The summed E-state index contributed by atoms with van der Waals surface area (Å²) in [6.07, 6.45) is -1.87. The van der Waals surface area contributed by atoms with Crippen molar-refractivity contribution >= 4 is 32.7 Å². The lowest BCUT2D eigenvalue weighted by Gasteiger charge is -2.50. The standard InChI is InChI=1S/C28H32F3N3O4S/c1-19-2-3-20(17-25(35)36)16-23(19)38-13-8-27(34-11-14-37-15-12-34)6-9-33(10-7-27)26-32-22-5-4-21(28(29,30)31)18-24(22)39-26/h2-5,16,18H,6-15,17H2,1H3,(H,35,36). The predicted octanol–water partition coefficient (Wildman–Crippen LogP) is 5.39. The third-order valence-corrected chi connectivity index (χ3v) is 8.86. The zero-order valence-electron chi connectivity index (χ0n) is 21.8. The number of hydrogen-bond acceptors (Lipinski definition) is 7. The molecule has 5 rings (SSSR count). The van der Waals surface area contributed by atoms with Gasteiger partial charge in [0.1, 0.15) is 5.75 Å². The number of aliphatic carboxylic acids is 1. The van der Waals surface area contributed by atoms with Crippen molar-refractivity contribution < 1.29 is 32.5 Å². The van der Waals surface area contributed by atoms with Crippen LogP contribution < -0.4 is 9.64 Å². The lowest BCUT2D eigenvalue weighted by molar-refractivity contribution is -0.138. The summed E-state index contributed by atoms with van der Waals surface area (Å²) in [7, 11) is 0. The van der Waals surface area contributed by atoms with E-state index in [0.29, 0.717) is 41.4 Å². The van der Waals surface area contributed by atoms with E-state index in [4.69, 9.17) is 14.6 Å². The molecular weight excluding hydrogens is 531 g/mol. The van der Waals surface area contributed by atoms with Gasteiger partial charge in [-0.15, -0.1) is 0 Å². The number of aromatic nitrogens is 1. The first-order valence-electron chi connectivity index (χ1n) is 13.1. The molecule has 3 heterocycles. The van der Waals surface area contributed by atoms with Crippen molar-refractivity contribution in [3.63, 3.8) is 0 Å². The van der Waals surface area contributed by atoms with Gasteiger partial charge in [0.05, 0.1) is 42.0 Å². The number of carbonyl (C=O) groups is 1. The average molecular weight is 564 g/mol. The molecule has 3 aromatic rings. The Morgan fingerprint density at radius 3 is 2.56 bits per heavy atom. The number of aryl methyl sites for hydroxylation is 1. The van der Waals surface area contributed by atoms with E-state index in [1.165, 1.54) is 23.5 Å². The Morgan fingerprint density at radius 1 is 1.13 bits per heavy atom. The van der Waals surface area contributed by atoms with Crippen molar-refractivity contribution in [2.45, 2.75) is 44.3 Å². The highest BCUT2D eigenvalue weighted by Gasteiger charge is 2.41. The molecule has 0 aliphatic carbocycles. The second kappa shape index (κ2) is 11.3. The van der Waals surface area contributed by atoms with Crippen molar-refractivity contribution in [2.24, 2.45) is 0 Å². The number of thiazole rings is 1. The zero-order valence-corrected chi connectivity index (χ0v) is 22.6. The summed E-state index contributed by atoms with van der Waals surface area (Å²) in [5.74, 6) is -0.173. The molecule has 11 heteroatoms. The number of benzene rings is 2. The molecule has 0 unspecified atom stereocenters. The number of halogens is 3. The molecule has 2 fully saturated rings. The maximum atomic E-state index is 13.2. The summed E-state index contributed by atoms with van der Waals surface area (Å²) in [4.78, 5) is 20.4. The van der Waals surface area contributed by atoms with E-state index >= 15 is 0 Å². The fraction of sp³-hybridized carbons (Fsp3) is 0.500. The highest BCUT2D eigenvalue weighted by molar-refractivity contribution is 7.22. The average Bonchev–Trinajstić information content (AvgIpc) is 3.34. The predicted molar refractivity (Wildman–Crippen MR) is 144 cm³/mol. The summed E-state index contributed by atoms with van der Waals surface area (Å²) in [5, 5.41) is 9.88. The van der Waals surface area contributed by atoms with Crippen LogP contribution in [0, 0.1) is 6.92 Å². The van der Waals surface area contributed by atoms with Crippen LogP contribution in [0.2, 0.25) is 0 Å². The third kappa shape index (κ3) is 6.31. The number of carboxylic acid groups (broad SMARTS) is 1. The van der Waals surface area contributed by atoms with E-state index in [0.717, 1.165) is 62.2 Å². The van der Waals surface area contributed by atoms with Gasteiger partial charge in [0.25, 0.3) is 0 Å². The Morgan fingerprint density at radius 2 is 1.87 bits per heavy atom. The second-order valence-electron chi connectivity index (χ2n) is 10.3. The first kappa shape index (κ1) is 27.7. The van der Waals surface area contributed by atoms with Crippen LogP contribution in [0.25, 0.3) is 10.2 Å². The van der Waals surface area contributed by atoms with Crippen LogP contribution in [-0.2, 0) is 22.1 Å². The van der Waals surface area contributed by atoms with Crippen molar-refractivity contribution in [1.82, 2.24) is 9.88 Å². The number of anilines is 1. The van der Waals surface area contributed by atoms with E-state index in [-0.39, 0.29) is 12.0 Å². The van der Waals surface area contributed by atoms with Crippen LogP contribution in [0.1, 0.15) is 36.0 Å². The highest BCUT2D eigenvalue weighted by atomic mass is 32.1. The number of morpholine rings is 1. The van der Waals surface area contributed by atoms with Gasteiger partial charge in [-0.3, -0.25) is 9.69 Å². The van der Waals surface area contributed by atoms with Crippen LogP contribution in [0.5, 0.6) is 5.75 Å². The van der Waals surface area contributed by atoms with Crippen molar-refractivity contribution in [3.8, 4) is 5.75 Å². The molecule has 7 nitrogen and oxygen atoms in total. The quantitative estimate of drug-likeness (QED) is 0.394. The van der Waals surface area contributed by atoms with Gasteiger partial charge in [-0.25, -0.2) is 4.98 Å².